The molecule has 1 aromatic carbocycles. The SMILES string of the molecule is CC1CCC(CNc2ccc(-c3nnco3)cc2)CC1. The normalized spacial score (nSPS) is 22.6. The second-order valence-corrected chi connectivity index (χ2v) is 5.83. The molecule has 2 aromatic rings. The Morgan fingerprint density at radius 1 is 1.15 bits per heavy atom. The highest BCUT2D eigenvalue weighted by atomic mass is 16.4. The van der Waals surface area contributed by atoms with Gasteiger partial charge in [-0.15, -0.1) is 10.2 Å². The minimum absolute atomic E-state index is 0.567. The lowest BCUT2D eigenvalue weighted by molar-refractivity contribution is 0.300. The quantitative estimate of drug-likeness (QED) is 0.914. The Balaban J connectivity index is 1.53. The van der Waals surface area contributed by atoms with Gasteiger partial charge < -0.3 is 9.73 Å². The smallest absolute Gasteiger partial charge is 0.247 e. The summed E-state index contributed by atoms with van der Waals surface area (Å²) in [6, 6.07) is 8.17. The van der Waals surface area contributed by atoms with Crippen molar-refractivity contribution in [1.82, 2.24) is 10.2 Å². The van der Waals surface area contributed by atoms with Gasteiger partial charge in [-0.2, -0.15) is 0 Å². The molecule has 3 rings (SSSR count). The van der Waals surface area contributed by atoms with Crippen molar-refractivity contribution in [3.8, 4) is 11.5 Å². The van der Waals surface area contributed by atoms with Gasteiger partial charge in [0.1, 0.15) is 0 Å². The fraction of sp³-hybridized carbons (Fsp3) is 0.500. The topological polar surface area (TPSA) is 51.0 Å². The third-order valence-electron chi connectivity index (χ3n) is 4.22. The van der Waals surface area contributed by atoms with Crippen LogP contribution in [0, 0.1) is 11.8 Å². The lowest BCUT2D eigenvalue weighted by Crippen LogP contribution is -2.20. The lowest BCUT2D eigenvalue weighted by Gasteiger charge is -2.26. The van der Waals surface area contributed by atoms with Crippen molar-refractivity contribution in [3.05, 3.63) is 30.7 Å². The van der Waals surface area contributed by atoms with Crippen LogP contribution in [0.4, 0.5) is 5.69 Å². The molecular formula is C16H21N3O. The molecule has 0 aliphatic heterocycles. The van der Waals surface area contributed by atoms with E-state index in [2.05, 4.69) is 34.6 Å². The molecule has 1 aromatic heterocycles. The van der Waals surface area contributed by atoms with Crippen LogP contribution in [-0.4, -0.2) is 16.7 Å². The second-order valence-electron chi connectivity index (χ2n) is 5.83. The maximum Gasteiger partial charge on any atom is 0.247 e. The summed E-state index contributed by atoms with van der Waals surface area (Å²) in [7, 11) is 0. The molecule has 0 atom stereocenters. The fourth-order valence-corrected chi connectivity index (χ4v) is 2.82. The largest absolute Gasteiger partial charge is 0.423 e. The van der Waals surface area contributed by atoms with Crippen LogP contribution in [0.25, 0.3) is 11.5 Å². The van der Waals surface area contributed by atoms with E-state index in [-0.39, 0.29) is 0 Å². The molecule has 1 aliphatic rings. The fourth-order valence-electron chi connectivity index (χ4n) is 2.82. The second kappa shape index (κ2) is 6.07. The molecule has 4 heteroatoms. The van der Waals surface area contributed by atoms with Crippen molar-refractivity contribution in [2.75, 3.05) is 11.9 Å². The van der Waals surface area contributed by atoms with Gasteiger partial charge >= 0.3 is 0 Å². The maximum atomic E-state index is 5.18. The zero-order valence-electron chi connectivity index (χ0n) is 11.9. The van der Waals surface area contributed by atoms with E-state index in [0.29, 0.717) is 5.89 Å². The van der Waals surface area contributed by atoms with Gasteiger partial charge in [0.05, 0.1) is 0 Å². The third-order valence-corrected chi connectivity index (χ3v) is 4.22. The Kier molecular flexibility index (Phi) is 4.00. The molecule has 1 heterocycles. The Morgan fingerprint density at radius 2 is 1.90 bits per heavy atom. The van der Waals surface area contributed by atoms with E-state index in [0.717, 1.165) is 29.6 Å². The summed E-state index contributed by atoms with van der Waals surface area (Å²) in [5, 5.41) is 11.1. The van der Waals surface area contributed by atoms with Gasteiger partial charge in [-0.05, 0) is 48.9 Å². The van der Waals surface area contributed by atoms with Crippen molar-refractivity contribution in [2.45, 2.75) is 32.6 Å². The first-order valence-electron chi connectivity index (χ1n) is 7.42. The average molecular weight is 271 g/mol. The van der Waals surface area contributed by atoms with Crippen LogP contribution < -0.4 is 5.32 Å². The summed E-state index contributed by atoms with van der Waals surface area (Å²) in [6.45, 7) is 3.44. The van der Waals surface area contributed by atoms with Gasteiger partial charge in [0, 0.05) is 17.8 Å². The van der Waals surface area contributed by atoms with Crippen LogP contribution in [0.1, 0.15) is 32.6 Å². The van der Waals surface area contributed by atoms with E-state index in [1.54, 1.807) is 0 Å². The molecule has 0 amide bonds. The van der Waals surface area contributed by atoms with Crippen molar-refractivity contribution < 1.29 is 4.42 Å². The lowest BCUT2D eigenvalue weighted by atomic mass is 9.83. The van der Waals surface area contributed by atoms with Crippen LogP contribution in [0.5, 0.6) is 0 Å². The van der Waals surface area contributed by atoms with Crippen molar-refractivity contribution >= 4 is 5.69 Å². The van der Waals surface area contributed by atoms with Gasteiger partial charge in [0.15, 0.2) is 0 Å². The number of anilines is 1. The number of hydrogen-bond acceptors (Lipinski definition) is 4. The standard InChI is InChI=1S/C16H21N3O/c1-12-2-4-13(5-3-12)10-17-15-8-6-14(7-9-15)16-19-18-11-20-16/h6-9,11-13,17H,2-5,10H2,1H3. The van der Waals surface area contributed by atoms with E-state index >= 15 is 0 Å². The van der Waals surface area contributed by atoms with Gasteiger partial charge in [-0.3, -0.25) is 0 Å². The summed E-state index contributed by atoms with van der Waals surface area (Å²) >= 11 is 0. The molecular weight excluding hydrogens is 250 g/mol. The summed E-state index contributed by atoms with van der Waals surface area (Å²) < 4.78 is 5.18. The van der Waals surface area contributed by atoms with Crippen LogP contribution >= 0.6 is 0 Å². The van der Waals surface area contributed by atoms with Crippen LogP contribution in [0.2, 0.25) is 0 Å². The molecule has 0 saturated heterocycles. The highest BCUT2D eigenvalue weighted by Crippen LogP contribution is 2.28. The van der Waals surface area contributed by atoms with Crippen LogP contribution in [0.15, 0.2) is 35.1 Å². The molecule has 106 valence electrons. The number of nitrogens with one attached hydrogen (secondary N) is 1. The van der Waals surface area contributed by atoms with Crippen LogP contribution in [-0.2, 0) is 0 Å². The molecule has 1 saturated carbocycles. The van der Waals surface area contributed by atoms with E-state index in [4.69, 9.17) is 4.42 Å². The maximum absolute atomic E-state index is 5.18. The van der Waals surface area contributed by atoms with Gasteiger partial charge in [0.2, 0.25) is 12.3 Å². The van der Waals surface area contributed by atoms with Crippen LogP contribution in [0.3, 0.4) is 0 Å². The Bertz CT molecular complexity index is 513. The number of nitrogens with zero attached hydrogens (tertiary/aromatic N) is 2. The monoisotopic (exact) mass is 271 g/mol. The first kappa shape index (κ1) is 13.2. The molecule has 1 N–H and O–H groups in total. The molecule has 0 unspecified atom stereocenters. The highest BCUT2D eigenvalue weighted by Gasteiger charge is 2.17. The van der Waals surface area contributed by atoms with E-state index in [1.165, 1.54) is 32.1 Å². The third kappa shape index (κ3) is 3.18. The molecule has 20 heavy (non-hydrogen) atoms. The Morgan fingerprint density at radius 3 is 2.55 bits per heavy atom. The zero-order valence-corrected chi connectivity index (χ0v) is 11.9. The van der Waals surface area contributed by atoms with Crippen molar-refractivity contribution in [2.24, 2.45) is 11.8 Å². The number of hydrogen-bond donors (Lipinski definition) is 1. The van der Waals surface area contributed by atoms with Crippen molar-refractivity contribution in [3.63, 3.8) is 0 Å². The zero-order chi connectivity index (χ0) is 13.8. The Labute approximate surface area is 119 Å². The number of aromatic nitrogens is 2. The number of rotatable bonds is 4. The van der Waals surface area contributed by atoms with E-state index in [1.807, 2.05) is 12.1 Å². The molecule has 4 nitrogen and oxygen atoms in total. The first-order chi connectivity index (χ1) is 9.81. The molecule has 1 aliphatic carbocycles. The van der Waals surface area contributed by atoms with E-state index < -0.39 is 0 Å². The highest BCUT2D eigenvalue weighted by molar-refractivity contribution is 5.58. The summed E-state index contributed by atoms with van der Waals surface area (Å²) in [6.07, 6.45) is 6.82. The van der Waals surface area contributed by atoms with Gasteiger partial charge in [-0.25, -0.2) is 0 Å². The first-order valence-corrected chi connectivity index (χ1v) is 7.42. The summed E-state index contributed by atoms with van der Waals surface area (Å²) in [5.41, 5.74) is 2.12. The van der Waals surface area contributed by atoms with Gasteiger partial charge in [-0.1, -0.05) is 19.8 Å². The predicted octanol–water partition coefficient (Wildman–Crippen LogP) is 3.97. The molecule has 0 radical (unpaired) electrons. The minimum Gasteiger partial charge on any atom is -0.423 e. The predicted molar refractivity (Wildman–Crippen MR) is 79.3 cm³/mol. The Hall–Kier alpha value is -1.84. The van der Waals surface area contributed by atoms with E-state index in [9.17, 15) is 0 Å². The molecule has 0 bridgehead atoms. The molecule has 0 spiro atoms. The average Bonchev–Trinajstić information content (AvgIpc) is 3.01. The minimum atomic E-state index is 0.567. The van der Waals surface area contributed by atoms with Gasteiger partial charge in [0.25, 0.3) is 0 Å². The summed E-state index contributed by atoms with van der Waals surface area (Å²) in [4.78, 5) is 0. The molecule has 1 fully saturated rings. The van der Waals surface area contributed by atoms with Crippen molar-refractivity contribution in [1.29, 1.82) is 0 Å². The summed E-state index contributed by atoms with van der Waals surface area (Å²) in [5.74, 6) is 2.31. The number of benzene rings is 1.